The van der Waals surface area contributed by atoms with Crippen molar-refractivity contribution in [3.05, 3.63) is 71.8 Å². The van der Waals surface area contributed by atoms with Gasteiger partial charge in [0.1, 0.15) is 17.5 Å². The second-order valence-electron chi connectivity index (χ2n) is 6.06. The lowest BCUT2D eigenvalue weighted by molar-refractivity contribution is -0.154. The Kier molecular flexibility index (Phi) is 5.87. The van der Waals surface area contributed by atoms with Crippen LogP contribution in [0.15, 0.2) is 60.7 Å². The first-order valence-corrected chi connectivity index (χ1v) is 9.28. The van der Waals surface area contributed by atoms with Crippen LogP contribution in [0.1, 0.15) is 28.8 Å². The minimum Gasteiger partial charge on any atom is -0.459 e. The van der Waals surface area contributed by atoms with E-state index in [1.807, 2.05) is 60.7 Å². The van der Waals surface area contributed by atoms with Crippen molar-refractivity contribution >= 4 is 27.8 Å². The first-order valence-electron chi connectivity index (χ1n) is 8.37. The largest absolute Gasteiger partial charge is 0.459 e. The van der Waals surface area contributed by atoms with Crippen LogP contribution in [0.3, 0.4) is 0 Å². The highest BCUT2D eigenvalue weighted by Gasteiger charge is 2.37. The van der Waals surface area contributed by atoms with Gasteiger partial charge in [0.15, 0.2) is 0 Å². The standard InChI is InChI=1S/C20H20BrNO3/c21-18(16-10-5-2-6-11-16)19(23)22-13-7-12-17(22)20(24)25-14-15-8-3-1-4-9-15/h1-6,8-11,17-18H,7,12-14H2/t17-,18?/m0/s1. The fourth-order valence-electron chi connectivity index (χ4n) is 3.01. The summed E-state index contributed by atoms with van der Waals surface area (Å²) in [4.78, 5) is 26.5. The molecule has 1 heterocycles. The van der Waals surface area contributed by atoms with Gasteiger partial charge in [-0.15, -0.1) is 0 Å². The average Bonchev–Trinajstić information content (AvgIpc) is 3.16. The number of hydrogen-bond acceptors (Lipinski definition) is 3. The number of ether oxygens (including phenoxy) is 1. The second kappa shape index (κ2) is 8.30. The first-order chi connectivity index (χ1) is 12.2. The minimum atomic E-state index is -0.500. The zero-order chi connectivity index (χ0) is 17.6. The van der Waals surface area contributed by atoms with E-state index < -0.39 is 10.9 Å². The number of halogens is 1. The third-order valence-corrected chi connectivity index (χ3v) is 5.26. The summed E-state index contributed by atoms with van der Waals surface area (Å²) in [6, 6.07) is 18.6. The third kappa shape index (κ3) is 4.28. The number of hydrogen-bond donors (Lipinski definition) is 0. The maximum absolute atomic E-state index is 12.8. The van der Waals surface area contributed by atoms with Crippen molar-refractivity contribution in [2.75, 3.05) is 6.54 Å². The van der Waals surface area contributed by atoms with E-state index in [0.29, 0.717) is 13.0 Å². The Morgan fingerprint density at radius 2 is 1.72 bits per heavy atom. The molecule has 2 aromatic carbocycles. The zero-order valence-corrected chi connectivity index (χ0v) is 15.4. The third-order valence-electron chi connectivity index (χ3n) is 4.34. The molecule has 1 unspecified atom stereocenters. The highest BCUT2D eigenvalue weighted by Crippen LogP contribution is 2.29. The van der Waals surface area contributed by atoms with Gasteiger partial charge in [0.05, 0.1) is 0 Å². The molecule has 1 saturated heterocycles. The van der Waals surface area contributed by atoms with Crippen LogP contribution in [-0.4, -0.2) is 29.4 Å². The number of likely N-dealkylation sites (tertiary alicyclic amines) is 1. The van der Waals surface area contributed by atoms with Gasteiger partial charge < -0.3 is 9.64 Å². The Balaban J connectivity index is 1.63. The van der Waals surface area contributed by atoms with E-state index in [2.05, 4.69) is 15.9 Å². The van der Waals surface area contributed by atoms with Gasteiger partial charge in [-0.1, -0.05) is 76.6 Å². The van der Waals surface area contributed by atoms with Crippen LogP contribution in [0.4, 0.5) is 0 Å². The van der Waals surface area contributed by atoms with Crippen molar-refractivity contribution < 1.29 is 14.3 Å². The average molecular weight is 402 g/mol. The molecule has 2 aromatic rings. The summed E-state index contributed by atoms with van der Waals surface area (Å²) in [7, 11) is 0. The first kappa shape index (κ1) is 17.7. The molecular formula is C20H20BrNO3. The van der Waals surface area contributed by atoms with Crippen LogP contribution in [0.25, 0.3) is 0 Å². The predicted molar refractivity (Wildman–Crippen MR) is 99.1 cm³/mol. The van der Waals surface area contributed by atoms with Gasteiger partial charge in [-0.2, -0.15) is 0 Å². The van der Waals surface area contributed by atoms with Crippen LogP contribution >= 0.6 is 15.9 Å². The van der Waals surface area contributed by atoms with E-state index >= 15 is 0 Å². The molecule has 130 valence electrons. The van der Waals surface area contributed by atoms with Crippen molar-refractivity contribution in [2.45, 2.75) is 30.3 Å². The molecule has 0 saturated carbocycles. The molecule has 1 amide bonds. The van der Waals surface area contributed by atoms with Gasteiger partial charge in [0.2, 0.25) is 5.91 Å². The maximum atomic E-state index is 12.8. The number of rotatable bonds is 5. The Morgan fingerprint density at radius 1 is 1.08 bits per heavy atom. The fraction of sp³-hybridized carbons (Fsp3) is 0.300. The van der Waals surface area contributed by atoms with Crippen LogP contribution in [-0.2, 0) is 20.9 Å². The highest BCUT2D eigenvalue weighted by molar-refractivity contribution is 9.09. The fourth-order valence-corrected chi connectivity index (χ4v) is 3.58. The van der Waals surface area contributed by atoms with Crippen molar-refractivity contribution in [3.63, 3.8) is 0 Å². The zero-order valence-electron chi connectivity index (χ0n) is 13.8. The van der Waals surface area contributed by atoms with Crippen LogP contribution in [0.2, 0.25) is 0 Å². The summed E-state index contributed by atoms with van der Waals surface area (Å²) in [5, 5.41) is 0. The molecule has 1 aliphatic heterocycles. The summed E-state index contributed by atoms with van der Waals surface area (Å²) in [5.74, 6) is -0.423. The highest BCUT2D eigenvalue weighted by atomic mass is 79.9. The molecule has 1 aliphatic rings. The molecule has 25 heavy (non-hydrogen) atoms. The van der Waals surface area contributed by atoms with Gasteiger partial charge in [0, 0.05) is 6.54 Å². The van der Waals surface area contributed by atoms with E-state index in [1.165, 1.54) is 0 Å². The van der Waals surface area contributed by atoms with Gasteiger partial charge in [0.25, 0.3) is 0 Å². The molecule has 4 nitrogen and oxygen atoms in total. The Labute approximate surface area is 155 Å². The molecule has 0 radical (unpaired) electrons. The summed E-state index contributed by atoms with van der Waals surface area (Å²) in [6.07, 6.45) is 1.46. The van der Waals surface area contributed by atoms with E-state index in [0.717, 1.165) is 17.5 Å². The Bertz CT molecular complexity index is 720. The topological polar surface area (TPSA) is 46.6 Å². The van der Waals surface area contributed by atoms with E-state index in [9.17, 15) is 9.59 Å². The lowest BCUT2D eigenvalue weighted by atomic mass is 10.1. The van der Waals surface area contributed by atoms with Gasteiger partial charge >= 0.3 is 5.97 Å². The molecule has 5 heteroatoms. The minimum absolute atomic E-state index is 0.0923. The number of esters is 1. The molecule has 1 fully saturated rings. The normalized spacial score (nSPS) is 18.0. The van der Waals surface area contributed by atoms with Crippen molar-refractivity contribution in [2.24, 2.45) is 0 Å². The molecule has 0 aliphatic carbocycles. The monoisotopic (exact) mass is 401 g/mol. The SMILES string of the molecule is O=C(OCc1ccccc1)[C@@H]1CCCN1C(=O)C(Br)c1ccccc1. The van der Waals surface area contributed by atoms with Crippen LogP contribution in [0, 0.1) is 0 Å². The van der Waals surface area contributed by atoms with E-state index in [-0.39, 0.29) is 18.5 Å². The van der Waals surface area contributed by atoms with E-state index in [4.69, 9.17) is 4.74 Å². The number of nitrogens with zero attached hydrogens (tertiary/aromatic N) is 1. The van der Waals surface area contributed by atoms with Crippen molar-refractivity contribution in [1.29, 1.82) is 0 Å². The smallest absolute Gasteiger partial charge is 0.329 e. The Hall–Kier alpha value is -2.14. The van der Waals surface area contributed by atoms with Crippen molar-refractivity contribution in [3.8, 4) is 0 Å². The quantitative estimate of drug-likeness (QED) is 0.564. The molecule has 3 rings (SSSR count). The maximum Gasteiger partial charge on any atom is 0.329 e. The molecule has 2 atom stereocenters. The second-order valence-corrected chi connectivity index (χ2v) is 6.97. The number of alkyl halides is 1. The summed E-state index contributed by atoms with van der Waals surface area (Å²) < 4.78 is 5.43. The summed E-state index contributed by atoms with van der Waals surface area (Å²) in [6.45, 7) is 0.813. The number of carbonyl (C=O) groups excluding carboxylic acids is 2. The molecule has 0 bridgehead atoms. The molecule has 0 aromatic heterocycles. The molecular weight excluding hydrogens is 382 g/mol. The number of benzene rings is 2. The summed E-state index contributed by atoms with van der Waals surface area (Å²) in [5.41, 5.74) is 1.82. The lowest BCUT2D eigenvalue weighted by Gasteiger charge is -2.25. The van der Waals surface area contributed by atoms with Gasteiger partial charge in [-0.05, 0) is 24.0 Å². The Morgan fingerprint density at radius 3 is 2.40 bits per heavy atom. The van der Waals surface area contributed by atoms with Crippen molar-refractivity contribution in [1.82, 2.24) is 4.90 Å². The van der Waals surface area contributed by atoms with Gasteiger partial charge in [-0.25, -0.2) is 4.79 Å². The molecule has 0 N–H and O–H groups in total. The van der Waals surface area contributed by atoms with E-state index in [1.54, 1.807) is 4.90 Å². The lowest BCUT2D eigenvalue weighted by Crippen LogP contribution is -2.42. The number of amides is 1. The molecule has 0 spiro atoms. The van der Waals surface area contributed by atoms with Gasteiger partial charge in [-0.3, -0.25) is 4.79 Å². The summed E-state index contributed by atoms with van der Waals surface area (Å²) >= 11 is 3.47. The predicted octanol–water partition coefficient (Wildman–Crippen LogP) is 3.86. The van der Waals surface area contributed by atoms with Crippen LogP contribution in [0.5, 0.6) is 0 Å². The number of carbonyl (C=O) groups is 2. The van der Waals surface area contributed by atoms with Crippen LogP contribution < -0.4 is 0 Å².